The van der Waals surface area contributed by atoms with Gasteiger partial charge in [-0.1, -0.05) is 77.0 Å². The number of fused-ring (bicyclic) bond motifs is 2. The first-order chi connectivity index (χ1) is 23.7. The zero-order valence-electron chi connectivity index (χ0n) is 27.8. The van der Waals surface area contributed by atoms with E-state index in [2.05, 4.69) is 0 Å². The van der Waals surface area contributed by atoms with Crippen LogP contribution in [0.1, 0.15) is 43.5 Å². The highest BCUT2D eigenvalue weighted by atomic mass is 35.5. The van der Waals surface area contributed by atoms with E-state index in [-0.39, 0.29) is 18.1 Å². The number of hydrogen-bond acceptors (Lipinski definition) is 7. The fourth-order valence-corrected chi connectivity index (χ4v) is 7.49. The van der Waals surface area contributed by atoms with Crippen LogP contribution in [0.2, 0.25) is 10.0 Å². The minimum absolute atomic E-state index is 0.165. The van der Waals surface area contributed by atoms with E-state index in [9.17, 15) is 9.59 Å². The lowest BCUT2D eigenvalue weighted by Gasteiger charge is -2.30. The Morgan fingerprint density at radius 2 is 1.67 bits per heavy atom. The van der Waals surface area contributed by atoms with Crippen LogP contribution in [0.25, 0.3) is 16.8 Å². The van der Waals surface area contributed by atoms with Crippen molar-refractivity contribution in [1.82, 2.24) is 9.47 Å². The number of nitrogens with zero attached hydrogens (tertiary/aromatic N) is 3. The fraction of sp³-hybridized carbons (Fsp3) is 0.237. The van der Waals surface area contributed by atoms with Crippen LogP contribution in [0.5, 0.6) is 17.2 Å². The Morgan fingerprint density at radius 1 is 0.939 bits per heavy atom. The van der Waals surface area contributed by atoms with Crippen LogP contribution in [0.4, 0.5) is 0 Å². The third-order valence-corrected chi connectivity index (χ3v) is 10.3. The molecule has 1 amide bonds. The lowest BCUT2D eigenvalue weighted by atomic mass is 9.90. The van der Waals surface area contributed by atoms with Crippen molar-refractivity contribution in [3.05, 3.63) is 130 Å². The van der Waals surface area contributed by atoms with Crippen molar-refractivity contribution in [2.45, 2.75) is 33.4 Å². The van der Waals surface area contributed by atoms with E-state index in [1.165, 1.54) is 11.3 Å². The molecule has 6 rings (SSSR count). The largest absolute Gasteiger partial charge is 0.496 e. The molecule has 11 heteroatoms. The van der Waals surface area contributed by atoms with Crippen LogP contribution in [0.3, 0.4) is 0 Å². The standard InChI is InChI=1S/C38H35Cl2N3O5S/c1-6-42(7-2)37(45)33-22(3)41-38-43(35(33)34-26-11-9-8-10-25(26)14-17-30(34)46-4)36(44)32(49-38)20-23-13-16-29(31(19-23)47-5)48-21-24-12-15-27(39)28(40)18-24/h8-20,35H,6-7,21H2,1-5H3/b32-20+/t35-/m1/s1. The van der Waals surface area contributed by atoms with Gasteiger partial charge in [-0.3, -0.25) is 14.2 Å². The molecular weight excluding hydrogens is 681 g/mol. The number of amides is 1. The Kier molecular flexibility index (Phi) is 10.2. The summed E-state index contributed by atoms with van der Waals surface area (Å²) in [7, 11) is 3.17. The third-order valence-electron chi connectivity index (χ3n) is 8.59. The van der Waals surface area contributed by atoms with E-state index in [1.807, 2.05) is 75.4 Å². The Morgan fingerprint density at radius 3 is 2.39 bits per heavy atom. The molecule has 0 saturated heterocycles. The first-order valence-corrected chi connectivity index (χ1v) is 17.4. The normalized spacial score (nSPS) is 14.4. The molecule has 0 aliphatic carbocycles. The molecule has 0 unspecified atom stereocenters. The molecule has 4 aromatic carbocycles. The summed E-state index contributed by atoms with van der Waals surface area (Å²) in [6.07, 6.45) is 1.80. The molecule has 49 heavy (non-hydrogen) atoms. The topological polar surface area (TPSA) is 82.4 Å². The summed E-state index contributed by atoms with van der Waals surface area (Å²) in [4.78, 5) is 35.8. The molecule has 0 radical (unpaired) electrons. The molecular formula is C38H35Cl2N3O5S. The lowest BCUT2D eigenvalue weighted by molar-refractivity contribution is -0.127. The maximum atomic E-state index is 14.5. The van der Waals surface area contributed by atoms with Gasteiger partial charge in [0.05, 0.1) is 40.1 Å². The first kappa shape index (κ1) is 34.3. The number of hydrogen-bond donors (Lipinski definition) is 0. The van der Waals surface area contributed by atoms with Crippen molar-refractivity contribution < 1.29 is 19.0 Å². The second kappa shape index (κ2) is 14.5. The zero-order valence-corrected chi connectivity index (χ0v) is 30.1. The maximum Gasteiger partial charge on any atom is 0.271 e. The van der Waals surface area contributed by atoms with E-state index < -0.39 is 6.04 Å². The number of allylic oxidation sites excluding steroid dienone is 1. The number of aromatic nitrogens is 1. The Labute approximate surface area is 298 Å². The van der Waals surface area contributed by atoms with Crippen molar-refractivity contribution in [3.8, 4) is 17.2 Å². The maximum absolute atomic E-state index is 14.5. The molecule has 252 valence electrons. The summed E-state index contributed by atoms with van der Waals surface area (Å²) < 4.78 is 19.7. The number of benzene rings is 4. The van der Waals surface area contributed by atoms with Crippen molar-refractivity contribution in [2.75, 3.05) is 27.3 Å². The zero-order chi connectivity index (χ0) is 34.8. The number of thiazole rings is 1. The number of ether oxygens (including phenoxy) is 3. The summed E-state index contributed by atoms with van der Waals surface area (Å²) in [6.45, 7) is 7.02. The van der Waals surface area contributed by atoms with E-state index in [0.29, 0.717) is 61.0 Å². The lowest BCUT2D eigenvalue weighted by Crippen LogP contribution is -2.43. The number of likely N-dealkylation sites (N-methyl/N-ethyl adjacent to an activating group) is 1. The van der Waals surface area contributed by atoms with Gasteiger partial charge in [0.25, 0.3) is 11.5 Å². The monoisotopic (exact) mass is 715 g/mol. The molecule has 0 spiro atoms. The second-order valence-electron chi connectivity index (χ2n) is 11.4. The van der Waals surface area contributed by atoms with Gasteiger partial charge in [0.1, 0.15) is 18.4 Å². The number of halogens is 2. The smallest absolute Gasteiger partial charge is 0.271 e. The molecule has 1 atom stereocenters. The van der Waals surface area contributed by atoms with Crippen molar-refractivity contribution in [2.24, 2.45) is 4.99 Å². The third kappa shape index (κ3) is 6.58. The highest BCUT2D eigenvalue weighted by Crippen LogP contribution is 2.40. The summed E-state index contributed by atoms with van der Waals surface area (Å²) in [5.74, 6) is 1.45. The van der Waals surface area contributed by atoms with E-state index in [4.69, 9.17) is 42.4 Å². The molecule has 1 aromatic heterocycles. The molecule has 1 aliphatic rings. The van der Waals surface area contributed by atoms with Gasteiger partial charge in [-0.15, -0.1) is 0 Å². The van der Waals surface area contributed by atoms with Gasteiger partial charge in [-0.05, 0) is 79.1 Å². The van der Waals surface area contributed by atoms with Crippen molar-refractivity contribution >= 4 is 57.3 Å². The Hall–Kier alpha value is -4.57. The molecule has 1 aliphatic heterocycles. The molecule has 0 N–H and O–H groups in total. The van der Waals surface area contributed by atoms with Crippen LogP contribution in [0, 0.1) is 0 Å². The highest BCUT2D eigenvalue weighted by Gasteiger charge is 2.36. The van der Waals surface area contributed by atoms with Gasteiger partial charge in [0.2, 0.25) is 0 Å². The van der Waals surface area contributed by atoms with Crippen LogP contribution in [0.15, 0.2) is 93.9 Å². The van der Waals surface area contributed by atoms with E-state index in [0.717, 1.165) is 27.5 Å². The van der Waals surface area contributed by atoms with Crippen LogP contribution in [-0.2, 0) is 11.4 Å². The molecule has 0 bridgehead atoms. The van der Waals surface area contributed by atoms with Gasteiger partial charge in [0, 0.05) is 18.7 Å². The Balaban J connectivity index is 1.47. The minimum Gasteiger partial charge on any atom is -0.496 e. The number of carbonyl (C=O) groups excluding carboxylic acids is 1. The number of methoxy groups -OCH3 is 2. The van der Waals surface area contributed by atoms with Crippen LogP contribution in [-0.4, -0.2) is 42.7 Å². The van der Waals surface area contributed by atoms with Crippen LogP contribution < -0.4 is 29.1 Å². The predicted octanol–water partition coefficient (Wildman–Crippen LogP) is 7.16. The average molecular weight is 717 g/mol. The SMILES string of the molecule is CCN(CC)C(=O)C1=C(C)N=c2s/c(=C/c3ccc(OCc4ccc(Cl)c(Cl)c4)c(OC)c3)c(=O)n2[C@H]1c1c(OC)ccc2ccccc12. The summed E-state index contributed by atoms with van der Waals surface area (Å²) in [5, 5.41) is 2.79. The fourth-order valence-electron chi connectivity index (χ4n) is 6.12. The second-order valence-corrected chi connectivity index (χ2v) is 13.2. The van der Waals surface area contributed by atoms with Gasteiger partial charge >= 0.3 is 0 Å². The predicted molar refractivity (Wildman–Crippen MR) is 196 cm³/mol. The van der Waals surface area contributed by atoms with Gasteiger partial charge in [-0.25, -0.2) is 4.99 Å². The van der Waals surface area contributed by atoms with E-state index >= 15 is 0 Å². The van der Waals surface area contributed by atoms with Crippen molar-refractivity contribution in [3.63, 3.8) is 0 Å². The first-order valence-electron chi connectivity index (χ1n) is 15.8. The molecule has 8 nitrogen and oxygen atoms in total. The molecule has 2 heterocycles. The Bertz CT molecular complexity index is 2290. The molecule has 0 fully saturated rings. The summed E-state index contributed by atoms with van der Waals surface area (Å²) >= 11 is 13.5. The summed E-state index contributed by atoms with van der Waals surface area (Å²) in [6, 6.07) is 21.8. The quantitative estimate of drug-likeness (QED) is 0.153. The highest BCUT2D eigenvalue weighted by molar-refractivity contribution is 7.07. The number of rotatable bonds is 10. The van der Waals surface area contributed by atoms with Gasteiger partial charge in [-0.2, -0.15) is 0 Å². The average Bonchev–Trinajstić information content (AvgIpc) is 3.41. The van der Waals surface area contributed by atoms with Gasteiger partial charge in [0.15, 0.2) is 16.3 Å². The van der Waals surface area contributed by atoms with Crippen LogP contribution >= 0.6 is 34.5 Å². The summed E-state index contributed by atoms with van der Waals surface area (Å²) in [5.41, 5.74) is 3.08. The molecule has 5 aromatic rings. The molecule has 0 saturated carbocycles. The minimum atomic E-state index is -0.765. The van der Waals surface area contributed by atoms with E-state index in [1.54, 1.807) is 48.0 Å². The van der Waals surface area contributed by atoms with Crippen molar-refractivity contribution in [1.29, 1.82) is 0 Å². The number of carbonyl (C=O) groups is 1. The van der Waals surface area contributed by atoms with Gasteiger partial charge < -0.3 is 19.1 Å².